The van der Waals surface area contributed by atoms with Gasteiger partial charge in [0.05, 0.1) is 0 Å². The van der Waals surface area contributed by atoms with E-state index in [0.717, 1.165) is 19.4 Å². The van der Waals surface area contributed by atoms with Crippen molar-refractivity contribution in [2.75, 3.05) is 23.8 Å². The lowest BCUT2D eigenvalue weighted by Gasteiger charge is -2.17. The third-order valence-electron chi connectivity index (χ3n) is 3.23. The van der Waals surface area contributed by atoms with Crippen LogP contribution in [-0.2, 0) is 0 Å². The zero-order valence-electron chi connectivity index (χ0n) is 12.7. The number of carbonyl (C=O) groups excluding carboxylic acids is 1. The fourth-order valence-corrected chi connectivity index (χ4v) is 1.92. The van der Waals surface area contributed by atoms with Crippen molar-refractivity contribution in [2.24, 2.45) is 0 Å². The molecule has 116 valence electrons. The first-order chi connectivity index (χ1) is 10.6. The van der Waals surface area contributed by atoms with Crippen molar-refractivity contribution in [3.63, 3.8) is 0 Å². The second-order valence-electron chi connectivity index (χ2n) is 5.00. The van der Waals surface area contributed by atoms with Gasteiger partial charge in [0.15, 0.2) is 0 Å². The summed E-state index contributed by atoms with van der Waals surface area (Å²) in [6.45, 7) is 2.99. The number of rotatable bonds is 6. The average Bonchev–Trinajstić information content (AvgIpc) is 2.54. The standard InChI is InChI=1S/C16H19FN4O/c1-3-4-9-21(2)15-10-14(18-11-19-15)16(22)20-13-7-5-12(17)6-8-13/h5-8,10-11H,3-4,9H2,1-2H3,(H,20,22). The summed E-state index contributed by atoms with van der Waals surface area (Å²) in [4.78, 5) is 22.3. The van der Waals surface area contributed by atoms with E-state index in [1.165, 1.54) is 30.6 Å². The lowest BCUT2D eigenvalue weighted by Crippen LogP contribution is -2.21. The summed E-state index contributed by atoms with van der Waals surface area (Å²) in [7, 11) is 1.93. The van der Waals surface area contributed by atoms with Gasteiger partial charge < -0.3 is 10.2 Å². The number of hydrogen-bond acceptors (Lipinski definition) is 4. The van der Waals surface area contributed by atoms with Crippen LogP contribution in [0.3, 0.4) is 0 Å². The summed E-state index contributed by atoms with van der Waals surface area (Å²) >= 11 is 0. The Kier molecular flexibility index (Phi) is 5.41. The van der Waals surface area contributed by atoms with Crippen LogP contribution >= 0.6 is 0 Å². The smallest absolute Gasteiger partial charge is 0.274 e. The van der Waals surface area contributed by atoms with E-state index in [1.54, 1.807) is 6.07 Å². The predicted molar refractivity (Wildman–Crippen MR) is 84.6 cm³/mol. The number of benzene rings is 1. The second-order valence-corrected chi connectivity index (χ2v) is 5.00. The highest BCUT2D eigenvalue weighted by molar-refractivity contribution is 6.03. The van der Waals surface area contributed by atoms with Crippen molar-refractivity contribution in [2.45, 2.75) is 19.8 Å². The molecule has 1 aromatic carbocycles. The van der Waals surface area contributed by atoms with E-state index in [9.17, 15) is 9.18 Å². The molecular weight excluding hydrogens is 283 g/mol. The van der Waals surface area contributed by atoms with E-state index in [1.807, 2.05) is 11.9 Å². The summed E-state index contributed by atoms with van der Waals surface area (Å²) in [5.41, 5.74) is 0.795. The van der Waals surface area contributed by atoms with Crippen LogP contribution in [0.4, 0.5) is 15.9 Å². The number of hydrogen-bond donors (Lipinski definition) is 1. The molecule has 0 bridgehead atoms. The number of nitrogens with one attached hydrogen (secondary N) is 1. The Morgan fingerprint density at radius 2 is 2.00 bits per heavy atom. The number of halogens is 1. The molecule has 0 unspecified atom stereocenters. The molecule has 0 radical (unpaired) electrons. The van der Waals surface area contributed by atoms with Gasteiger partial charge >= 0.3 is 0 Å². The van der Waals surface area contributed by atoms with E-state index in [-0.39, 0.29) is 17.4 Å². The monoisotopic (exact) mass is 302 g/mol. The second kappa shape index (κ2) is 7.49. The number of aromatic nitrogens is 2. The molecule has 1 N–H and O–H groups in total. The zero-order valence-corrected chi connectivity index (χ0v) is 12.7. The lowest BCUT2D eigenvalue weighted by atomic mass is 10.3. The predicted octanol–water partition coefficient (Wildman–Crippen LogP) is 3.10. The highest BCUT2D eigenvalue weighted by Gasteiger charge is 2.11. The maximum atomic E-state index is 12.9. The first-order valence-corrected chi connectivity index (χ1v) is 7.20. The molecule has 5 nitrogen and oxygen atoms in total. The van der Waals surface area contributed by atoms with Crippen molar-refractivity contribution >= 4 is 17.4 Å². The first kappa shape index (κ1) is 15.9. The number of amides is 1. The molecule has 0 saturated carbocycles. The van der Waals surface area contributed by atoms with Gasteiger partial charge in [-0.25, -0.2) is 14.4 Å². The molecule has 1 heterocycles. The van der Waals surface area contributed by atoms with Crippen LogP contribution in [0, 0.1) is 5.82 Å². The van der Waals surface area contributed by atoms with Gasteiger partial charge in [0.1, 0.15) is 23.7 Å². The van der Waals surface area contributed by atoms with E-state index in [4.69, 9.17) is 0 Å². The van der Waals surface area contributed by atoms with Crippen molar-refractivity contribution in [1.29, 1.82) is 0 Å². The van der Waals surface area contributed by atoms with Crippen molar-refractivity contribution in [1.82, 2.24) is 9.97 Å². The fourth-order valence-electron chi connectivity index (χ4n) is 1.92. The minimum absolute atomic E-state index is 0.276. The van der Waals surface area contributed by atoms with Crippen LogP contribution in [-0.4, -0.2) is 29.5 Å². The summed E-state index contributed by atoms with van der Waals surface area (Å²) in [6, 6.07) is 7.24. The molecule has 1 amide bonds. The topological polar surface area (TPSA) is 58.1 Å². The Labute approximate surface area is 129 Å². The minimum Gasteiger partial charge on any atom is -0.360 e. The lowest BCUT2D eigenvalue weighted by molar-refractivity contribution is 0.102. The summed E-state index contributed by atoms with van der Waals surface area (Å²) in [5.74, 6) is 0.00623. The van der Waals surface area contributed by atoms with Crippen LogP contribution in [0.2, 0.25) is 0 Å². The van der Waals surface area contributed by atoms with E-state index < -0.39 is 0 Å². The molecule has 0 saturated heterocycles. The molecule has 0 spiro atoms. The van der Waals surface area contributed by atoms with Crippen LogP contribution < -0.4 is 10.2 Å². The van der Waals surface area contributed by atoms with Crippen LogP contribution in [0.1, 0.15) is 30.3 Å². The molecule has 2 aromatic rings. The SMILES string of the molecule is CCCCN(C)c1cc(C(=O)Nc2ccc(F)cc2)ncn1. The molecule has 1 aromatic heterocycles. The summed E-state index contributed by atoms with van der Waals surface area (Å²) < 4.78 is 12.9. The minimum atomic E-state index is -0.348. The Hall–Kier alpha value is -2.50. The molecule has 6 heteroatoms. The first-order valence-electron chi connectivity index (χ1n) is 7.20. The van der Waals surface area contributed by atoms with Crippen molar-refractivity contribution in [3.05, 3.63) is 48.2 Å². The third-order valence-corrected chi connectivity index (χ3v) is 3.23. The van der Waals surface area contributed by atoms with Crippen LogP contribution in [0.25, 0.3) is 0 Å². The normalized spacial score (nSPS) is 10.3. The molecule has 0 fully saturated rings. The molecule has 0 atom stereocenters. The summed E-state index contributed by atoms with van der Waals surface area (Å²) in [6.07, 6.45) is 3.52. The molecule has 0 aliphatic heterocycles. The highest BCUT2D eigenvalue weighted by atomic mass is 19.1. The third kappa shape index (κ3) is 4.25. The molecule has 0 aliphatic rings. The van der Waals surface area contributed by atoms with E-state index in [0.29, 0.717) is 11.5 Å². The molecule has 0 aliphatic carbocycles. The molecular formula is C16H19FN4O. The Morgan fingerprint density at radius 3 is 2.68 bits per heavy atom. The number of nitrogens with zero attached hydrogens (tertiary/aromatic N) is 3. The average molecular weight is 302 g/mol. The molecule has 22 heavy (non-hydrogen) atoms. The van der Waals surface area contributed by atoms with E-state index >= 15 is 0 Å². The van der Waals surface area contributed by atoms with Crippen LogP contribution in [0.15, 0.2) is 36.7 Å². The van der Waals surface area contributed by atoms with E-state index in [2.05, 4.69) is 22.2 Å². The van der Waals surface area contributed by atoms with Crippen molar-refractivity contribution in [3.8, 4) is 0 Å². The molecule has 2 rings (SSSR count). The Balaban J connectivity index is 2.08. The Morgan fingerprint density at radius 1 is 1.27 bits per heavy atom. The van der Waals surface area contributed by atoms with Gasteiger partial charge in [-0.2, -0.15) is 0 Å². The Bertz CT molecular complexity index is 630. The van der Waals surface area contributed by atoms with Gasteiger partial charge in [-0.15, -0.1) is 0 Å². The fraction of sp³-hybridized carbons (Fsp3) is 0.312. The van der Waals surface area contributed by atoms with Crippen molar-refractivity contribution < 1.29 is 9.18 Å². The number of carbonyl (C=O) groups is 1. The zero-order chi connectivity index (χ0) is 15.9. The quantitative estimate of drug-likeness (QED) is 0.891. The van der Waals surface area contributed by atoms with Gasteiger partial charge in [0.25, 0.3) is 5.91 Å². The van der Waals surface area contributed by atoms with Gasteiger partial charge in [0, 0.05) is 25.3 Å². The largest absolute Gasteiger partial charge is 0.360 e. The number of unbranched alkanes of at least 4 members (excludes halogenated alkanes) is 1. The van der Waals surface area contributed by atoms with Gasteiger partial charge in [0.2, 0.25) is 0 Å². The highest BCUT2D eigenvalue weighted by Crippen LogP contribution is 2.13. The van der Waals surface area contributed by atoms with Crippen LogP contribution in [0.5, 0.6) is 0 Å². The maximum Gasteiger partial charge on any atom is 0.274 e. The van der Waals surface area contributed by atoms with Gasteiger partial charge in [-0.3, -0.25) is 4.79 Å². The van der Waals surface area contributed by atoms with Gasteiger partial charge in [-0.1, -0.05) is 13.3 Å². The van der Waals surface area contributed by atoms with Gasteiger partial charge in [-0.05, 0) is 30.7 Å². The maximum absolute atomic E-state index is 12.9. The number of anilines is 2. The summed E-state index contributed by atoms with van der Waals surface area (Å²) in [5, 5.41) is 2.68.